The lowest BCUT2D eigenvalue weighted by Crippen LogP contribution is -3.17. The Morgan fingerprint density at radius 1 is 1.11 bits per heavy atom. The molecule has 2 heterocycles. The fraction of sp³-hybridized carbons (Fsp3) is 0.409. The van der Waals surface area contributed by atoms with E-state index in [1.165, 1.54) is 18.4 Å². The molecule has 27 heavy (non-hydrogen) atoms. The number of fused-ring (bicyclic) bond motifs is 2. The number of piperidine rings is 1. The second kappa shape index (κ2) is 7.69. The number of rotatable bonds is 4. The highest BCUT2D eigenvalue weighted by atomic mass is 19.1. The van der Waals surface area contributed by atoms with Crippen LogP contribution >= 0.6 is 0 Å². The maximum atomic E-state index is 13.1. The van der Waals surface area contributed by atoms with Crippen LogP contribution in [0.5, 0.6) is 0 Å². The molecule has 2 aromatic carbocycles. The van der Waals surface area contributed by atoms with E-state index in [1.807, 2.05) is 43.3 Å². The number of urea groups is 1. The summed E-state index contributed by atoms with van der Waals surface area (Å²) in [6.45, 7) is 2.96. The zero-order valence-corrected chi connectivity index (χ0v) is 15.7. The summed E-state index contributed by atoms with van der Waals surface area (Å²) >= 11 is 0. The van der Waals surface area contributed by atoms with Gasteiger partial charge in [0.25, 0.3) is 0 Å². The highest BCUT2D eigenvalue weighted by Crippen LogP contribution is 2.24. The monoisotopic (exact) mass is 368 g/mol. The smallest absolute Gasteiger partial charge is 0.319 e. The summed E-state index contributed by atoms with van der Waals surface area (Å²) in [6.07, 6.45) is 4.43. The Labute approximate surface area is 159 Å². The predicted molar refractivity (Wildman–Crippen MR) is 104 cm³/mol. The minimum absolute atomic E-state index is 0.119. The molecule has 0 spiro atoms. The first-order chi connectivity index (χ1) is 13.1. The normalized spacial score (nSPS) is 26.6. The molecule has 2 aliphatic rings. The molecule has 0 unspecified atom stereocenters. The summed E-state index contributed by atoms with van der Waals surface area (Å²) in [6, 6.07) is 15.9. The predicted octanol–water partition coefficient (Wildman–Crippen LogP) is 3.03. The molecular formula is C22H27FN3O+. The molecule has 0 aromatic heterocycles. The number of aryl methyl sites for hydroxylation is 1. The van der Waals surface area contributed by atoms with Gasteiger partial charge in [-0.2, -0.15) is 0 Å². The SMILES string of the molecule is Cc1cccc(NC(=O)NC2C[C@H]3CC[C@H](C2)[NH+]3Cc2ccc(F)cc2)c1. The van der Waals surface area contributed by atoms with E-state index in [9.17, 15) is 9.18 Å². The molecule has 0 radical (unpaired) electrons. The Morgan fingerprint density at radius 2 is 1.81 bits per heavy atom. The van der Waals surface area contributed by atoms with E-state index in [4.69, 9.17) is 0 Å². The van der Waals surface area contributed by atoms with Crippen molar-refractivity contribution in [3.05, 3.63) is 65.5 Å². The largest absolute Gasteiger partial charge is 0.335 e. The Kier molecular flexibility index (Phi) is 5.12. The van der Waals surface area contributed by atoms with Gasteiger partial charge in [0.15, 0.2) is 0 Å². The van der Waals surface area contributed by atoms with Crippen LogP contribution in [0.25, 0.3) is 0 Å². The molecule has 2 saturated heterocycles. The number of benzene rings is 2. The molecule has 2 aromatic rings. The first kappa shape index (κ1) is 18.0. The van der Waals surface area contributed by atoms with Crippen molar-refractivity contribution in [2.24, 2.45) is 0 Å². The van der Waals surface area contributed by atoms with Crippen LogP contribution in [0.1, 0.15) is 36.8 Å². The van der Waals surface area contributed by atoms with E-state index in [2.05, 4.69) is 10.6 Å². The molecule has 0 aliphatic carbocycles. The maximum absolute atomic E-state index is 13.1. The highest BCUT2D eigenvalue weighted by molar-refractivity contribution is 5.89. The van der Waals surface area contributed by atoms with Crippen LogP contribution in [0.4, 0.5) is 14.9 Å². The van der Waals surface area contributed by atoms with Crippen LogP contribution in [0.2, 0.25) is 0 Å². The third-order valence-electron chi connectivity index (χ3n) is 5.98. The number of hydrogen-bond acceptors (Lipinski definition) is 1. The van der Waals surface area contributed by atoms with Crippen LogP contribution in [0.3, 0.4) is 0 Å². The summed E-state index contributed by atoms with van der Waals surface area (Å²) in [4.78, 5) is 14.0. The number of anilines is 1. The van der Waals surface area contributed by atoms with Crippen molar-refractivity contribution in [3.8, 4) is 0 Å². The van der Waals surface area contributed by atoms with Crippen LogP contribution in [-0.4, -0.2) is 24.2 Å². The van der Waals surface area contributed by atoms with E-state index in [-0.39, 0.29) is 17.9 Å². The summed E-state index contributed by atoms with van der Waals surface area (Å²) in [7, 11) is 0. The molecule has 4 nitrogen and oxygen atoms in total. The van der Waals surface area contributed by atoms with Crippen LogP contribution < -0.4 is 15.5 Å². The number of nitrogens with one attached hydrogen (secondary N) is 3. The Bertz CT molecular complexity index is 793. The van der Waals surface area contributed by atoms with Crippen molar-refractivity contribution in [1.82, 2.24) is 5.32 Å². The number of carbonyl (C=O) groups excluding carboxylic acids is 1. The average molecular weight is 368 g/mol. The first-order valence-corrected chi connectivity index (χ1v) is 9.81. The molecule has 2 fully saturated rings. The van der Waals surface area contributed by atoms with Crippen molar-refractivity contribution >= 4 is 11.7 Å². The lowest BCUT2D eigenvalue weighted by atomic mass is 9.96. The second-order valence-corrected chi connectivity index (χ2v) is 7.99. The topological polar surface area (TPSA) is 45.6 Å². The van der Waals surface area contributed by atoms with Crippen molar-refractivity contribution in [1.29, 1.82) is 0 Å². The minimum atomic E-state index is -0.181. The number of halogens is 1. The zero-order chi connectivity index (χ0) is 18.8. The first-order valence-electron chi connectivity index (χ1n) is 9.81. The minimum Gasteiger partial charge on any atom is -0.335 e. The molecule has 142 valence electrons. The molecule has 2 aliphatic heterocycles. The fourth-order valence-electron chi connectivity index (χ4n) is 4.75. The van der Waals surface area contributed by atoms with Crippen molar-refractivity contribution in [3.63, 3.8) is 0 Å². The van der Waals surface area contributed by atoms with Gasteiger partial charge in [0.05, 0.1) is 12.1 Å². The fourth-order valence-corrected chi connectivity index (χ4v) is 4.75. The molecule has 3 N–H and O–H groups in total. The molecule has 2 bridgehead atoms. The number of amides is 2. The Hall–Kier alpha value is -2.40. The van der Waals surface area contributed by atoms with Crippen molar-refractivity contribution < 1.29 is 14.1 Å². The van der Waals surface area contributed by atoms with Gasteiger partial charge in [-0.3, -0.25) is 0 Å². The molecule has 2 amide bonds. The van der Waals surface area contributed by atoms with E-state index in [0.29, 0.717) is 12.1 Å². The Balaban J connectivity index is 1.33. The van der Waals surface area contributed by atoms with Crippen LogP contribution in [0, 0.1) is 12.7 Å². The zero-order valence-electron chi connectivity index (χ0n) is 15.7. The summed E-state index contributed by atoms with van der Waals surface area (Å²) < 4.78 is 13.1. The number of carbonyl (C=O) groups is 1. The molecule has 4 rings (SSSR count). The summed E-state index contributed by atoms with van der Waals surface area (Å²) in [5.41, 5.74) is 3.14. The second-order valence-electron chi connectivity index (χ2n) is 7.99. The molecule has 5 heteroatoms. The lowest BCUT2D eigenvalue weighted by molar-refractivity contribution is -0.954. The van der Waals surface area contributed by atoms with Gasteiger partial charge in [0, 0.05) is 43.0 Å². The van der Waals surface area contributed by atoms with E-state index in [1.54, 1.807) is 17.0 Å². The summed E-state index contributed by atoms with van der Waals surface area (Å²) in [5, 5.41) is 6.11. The van der Waals surface area contributed by atoms with Gasteiger partial charge in [-0.15, -0.1) is 0 Å². The van der Waals surface area contributed by atoms with Crippen molar-refractivity contribution in [2.75, 3.05) is 5.32 Å². The van der Waals surface area contributed by atoms with Gasteiger partial charge in [-0.05, 0) is 36.8 Å². The molecular weight excluding hydrogens is 341 g/mol. The van der Waals surface area contributed by atoms with Crippen LogP contribution in [-0.2, 0) is 6.54 Å². The molecule has 0 saturated carbocycles. The van der Waals surface area contributed by atoms with E-state index >= 15 is 0 Å². The lowest BCUT2D eigenvalue weighted by Gasteiger charge is -2.36. The Morgan fingerprint density at radius 3 is 2.48 bits per heavy atom. The van der Waals surface area contributed by atoms with Gasteiger partial charge in [0.1, 0.15) is 12.4 Å². The number of hydrogen-bond donors (Lipinski definition) is 3. The summed E-state index contributed by atoms with van der Waals surface area (Å²) in [5.74, 6) is -0.181. The maximum Gasteiger partial charge on any atom is 0.319 e. The molecule has 2 atom stereocenters. The van der Waals surface area contributed by atoms with Gasteiger partial charge in [-0.1, -0.05) is 24.3 Å². The van der Waals surface area contributed by atoms with Gasteiger partial charge < -0.3 is 15.5 Å². The third kappa shape index (κ3) is 4.30. The quantitative estimate of drug-likeness (QED) is 0.763. The van der Waals surface area contributed by atoms with E-state index < -0.39 is 0 Å². The van der Waals surface area contributed by atoms with Gasteiger partial charge in [-0.25, -0.2) is 9.18 Å². The van der Waals surface area contributed by atoms with E-state index in [0.717, 1.165) is 30.6 Å². The van der Waals surface area contributed by atoms with Crippen LogP contribution in [0.15, 0.2) is 48.5 Å². The number of quaternary nitrogens is 1. The van der Waals surface area contributed by atoms with Gasteiger partial charge in [0.2, 0.25) is 0 Å². The van der Waals surface area contributed by atoms with Crippen molar-refractivity contribution in [2.45, 2.75) is 57.3 Å². The standard InChI is InChI=1S/C22H26FN3O/c1-15-3-2-4-18(11-15)24-22(27)25-19-12-20-9-10-21(13-19)26(20)14-16-5-7-17(23)8-6-16/h2-8,11,19-21H,9-10,12-14H2,1H3,(H2,24,25,27)/p+1/t20-,21-/m1/s1. The average Bonchev–Trinajstić information content (AvgIpc) is 2.86. The van der Waals surface area contributed by atoms with Gasteiger partial charge >= 0.3 is 6.03 Å². The third-order valence-corrected chi connectivity index (χ3v) is 5.98. The highest BCUT2D eigenvalue weighted by Gasteiger charge is 2.44.